The quantitative estimate of drug-likeness (QED) is 0.121. The van der Waals surface area contributed by atoms with E-state index in [1.165, 1.54) is 81.4 Å². The van der Waals surface area contributed by atoms with E-state index in [1.807, 2.05) is 0 Å². The summed E-state index contributed by atoms with van der Waals surface area (Å²) in [6.45, 7) is 13.7. The van der Waals surface area contributed by atoms with Crippen molar-refractivity contribution >= 4 is 166 Å². The lowest BCUT2D eigenvalue weighted by atomic mass is 9.33. The molecular weight excluding hydrogens is 1570 g/mol. The Bertz CT molecular complexity index is 8140. The summed E-state index contributed by atoms with van der Waals surface area (Å²) >= 11 is 0. The molecule has 0 unspecified atom stereocenters. The average molecular weight is 1660 g/mol. The van der Waals surface area contributed by atoms with Gasteiger partial charge in [0.2, 0.25) is 0 Å². The van der Waals surface area contributed by atoms with Gasteiger partial charge >= 0.3 is 0 Å². The van der Waals surface area contributed by atoms with Crippen LogP contribution in [-0.2, 0) is 10.8 Å². The third kappa shape index (κ3) is 11.2. The van der Waals surface area contributed by atoms with Gasteiger partial charge in [-0.1, -0.05) is 345 Å². The van der Waals surface area contributed by atoms with Crippen molar-refractivity contribution in [3.05, 3.63) is 436 Å². The summed E-state index contributed by atoms with van der Waals surface area (Å²) in [7, 11) is 0. The highest BCUT2D eigenvalue weighted by Gasteiger charge is 2.46. The molecule has 26 rings (SSSR count). The van der Waals surface area contributed by atoms with Crippen molar-refractivity contribution in [2.45, 2.75) is 52.4 Å². The number of hydrogen-bond donors (Lipinski definition) is 0. The Hall–Kier alpha value is -16.2. The van der Waals surface area contributed by atoms with Crippen molar-refractivity contribution in [1.82, 2.24) is 22.8 Å². The minimum atomic E-state index is -0.337. The molecule has 0 saturated carbocycles. The number of nitrogens with zero attached hydrogens (tertiary/aromatic N) is 7. The van der Waals surface area contributed by atoms with E-state index in [0.717, 1.165) is 162 Å². The minimum absolute atomic E-state index is 0.125. The summed E-state index contributed by atoms with van der Waals surface area (Å²) in [4.78, 5) is 5.36. The number of aromatic nitrogens is 5. The van der Waals surface area contributed by atoms with Gasteiger partial charge in [-0.2, -0.15) is 0 Å². The zero-order chi connectivity index (χ0) is 86.5. The third-order valence-electron chi connectivity index (χ3n) is 28.2. The van der Waals surface area contributed by atoms with Crippen molar-refractivity contribution < 1.29 is 0 Å². The van der Waals surface area contributed by atoms with Crippen LogP contribution in [0.4, 0.5) is 34.1 Å². The number of benzene rings is 19. The van der Waals surface area contributed by atoms with Gasteiger partial charge in [-0.05, 0) is 182 Å². The molecule has 0 bridgehead atoms. The predicted molar refractivity (Wildman–Crippen MR) is 551 cm³/mol. The zero-order valence-electron chi connectivity index (χ0n) is 73.1. The maximum absolute atomic E-state index is 2.68. The maximum Gasteiger partial charge on any atom is 0.252 e. The average Bonchev–Trinajstić information content (AvgIpc) is 0.925. The summed E-state index contributed by atoms with van der Waals surface area (Å²) in [6, 6.07) is 161. The summed E-state index contributed by atoms with van der Waals surface area (Å²) in [5.41, 5.74) is 38.0. The normalized spacial score (nSPS) is 12.8. The van der Waals surface area contributed by atoms with Gasteiger partial charge in [-0.25, -0.2) is 0 Å². The van der Waals surface area contributed by atoms with Crippen LogP contribution in [0.1, 0.15) is 52.7 Å². The van der Waals surface area contributed by atoms with Crippen LogP contribution in [0.15, 0.2) is 425 Å². The van der Waals surface area contributed by atoms with Crippen molar-refractivity contribution in [3.8, 4) is 72.9 Å². The molecule has 24 aromatic rings. The third-order valence-corrected chi connectivity index (χ3v) is 28.2. The molecule has 8 heteroatoms. The molecule has 0 N–H and O–H groups in total. The van der Waals surface area contributed by atoms with Gasteiger partial charge in [-0.3, -0.25) is 0 Å². The molecule has 7 heterocycles. The smallest absolute Gasteiger partial charge is 0.252 e. The predicted octanol–water partition coefficient (Wildman–Crippen LogP) is 30.5. The number of hydrogen-bond acceptors (Lipinski definition) is 2. The molecule has 0 amide bonds. The van der Waals surface area contributed by atoms with Crippen molar-refractivity contribution in [3.63, 3.8) is 0 Å². The lowest BCUT2D eigenvalue weighted by Gasteiger charge is -2.45. The Morgan fingerprint density at radius 1 is 0.185 bits per heavy atom. The second kappa shape index (κ2) is 28.7. The highest BCUT2D eigenvalue weighted by Crippen LogP contribution is 2.54. The molecule has 0 radical (unpaired) electrons. The van der Waals surface area contributed by atoms with E-state index in [9.17, 15) is 0 Å². The van der Waals surface area contributed by atoms with E-state index in [2.05, 4.69) is 499 Å². The summed E-state index contributed by atoms with van der Waals surface area (Å²) < 4.78 is 12.8. The lowest BCUT2D eigenvalue weighted by molar-refractivity contribution is 0.590. The second-order valence-corrected chi connectivity index (χ2v) is 37.4. The second-order valence-electron chi connectivity index (χ2n) is 37.4. The number of rotatable bonds is 11. The van der Waals surface area contributed by atoms with Crippen LogP contribution in [0, 0.1) is 0 Å². The van der Waals surface area contributed by atoms with Gasteiger partial charge in [0.05, 0.1) is 95.0 Å². The Labute approximate surface area is 754 Å². The van der Waals surface area contributed by atoms with E-state index in [-0.39, 0.29) is 17.5 Å². The first-order valence-electron chi connectivity index (χ1n) is 45.5. The Kier molecular flexibility index (Phi) is 16.6. The molecule has 5 aromatic heterocycles. The van der Waals surface area contributed by atoms with Gasteiger partial charge in [-0.15, -0.1) is 0 Å². The SMILES string of the molecule is CC(C)(C)c1ccc2c(c1)c1cc(C(C)(C)C)ccc1n2-c1cc2c3c(c1)N(c1ccccc1-c1ccccc1)c1cc(-c4cccc(-n5c6ccccc6c6ccccc65)c4-n4c5ccccc5c5ccccc54)ccc1B3c1ccc(-c3cccc(-n4c5ccccc5c5ccccc54)c3-n3c4ccccc4c4ccccc43)cc1N2c1ccccc1-c1ccccc1. The van der Waals surface area contributed by atoms with E-state index >= 15 is 0 Å². The van der Waals surface area contributed by atoms with Crippen molar-refractivity contribution in [2.24, 2.45) is 0 Å². The monoisotopic (exact) mass is 1660 g/mol. The van der Waals surface area contributed by atoms with Gasteiger partial charge in [0.15, 0.2) is 0 Å². The van der Waals surface area contributed by atoms with Crippen LogP contribution in [0.5, 0.6) is 0 Å². The molecule has 19 aromatic carbocycles. The molecule has 7 nitrogen and oxygen atoms in total. The van der Waals surface area contributed by atoms with Crippen LogP contribution in [0.2, 0.25) is 0 Å². The number of anilines is 6. The largest absolute Gasteiger partial charge is 0.311 e. The standard InChI is InChI=1S/C122H88BN7/c1-121(2,3)81-65-69-110-96(73-81)97-74-82(122(4,5)6)66-70-111(97)124(110)83-75-116-118-117(76-83)128(101-52-24-14-40-85(101)78-37-11-8-12-38-78)115-72-80(87-50-34-62-113(126-104-55-27-17-43-90(104)91-44-18-28-56-105(91)126)120(87)130-108-59-31-21-47-94(108)95-48-22-32-60-109(95)130)64-68-99(115)123(118)98-67-63-79(71-114(98)127(116)100-51-23-13-39-84(100)77-35-9-7-10-36-77)86-49-33-61-112(125-102-53-25-15-41-88(102)89-42-16-26-54-103(89)125)119(86)129-106-57-29-19-45-92(106)93-46-20-30-58-107(93)129/h7-76H,1-6H3. The topological polar surface area (TPSA) is 31.1 Å². The van der Waals surface area contributed by atoms with Crippen LogP contribution in [-0.4, -0.2) is 29.5 Å². The van der Waals surface area contributed by atoms with Crippen molar-refractivity contribution in [2.75, 3.05) is 9.80 Å². The summed E-state index contributed by atoms with van der Waals surface area (Å²) in [6.07, 6.45) is 0. The molecule has 0 fully saturated rings. The fraction of sp³-hybridized carbons (Fsp3) is 0.0656. The minimum Gasteiger partial charge on any atom is -0.311 e. The molecule has 2 aliphatic rings. The zero-order valence-corrected chi connectivity index (χ0v) is 73.1. The molecule has 2 aliphatic heterocycles. The highest BCUT2D eigenvalue weighted by molar-refractivity contribution is 7.00. The van der Waals surface area contributed by atoms with Crippen molar-refractivity contribution in [1.29, 1.82) is 0 Å². The molecule has 0 aliphatic carbocycles. The Morgan fingerprint density at radius 3 is 0.808 bits per heavy atom. The first-order chi connectivity index (χ1) is 63.8. The first-order valence-corrected chi connectivity index (χ1v) is 45.5. The maximum atomic E-state index is 2.68. The van der Waals surface area contributed by atoms with Crippen LogP contribution < -0.4 is 26.2 Å². The summed E-state index contributed by atoms with van der Waals surface area (Å²) in [5.74, 6) is 0. The highest BCUT2D eigenvalue weighted by atomic mass is 15.2. The van der Waals surface area contributed by atoms with Crippen LogP contribution in [0.3, 0.4) is 0 Å². The van der Waals surface area contributed by atoms with Gasteiger partial charge in [0.1, 0.15) is 0 Å². The van der Waals surface area contributed by atoms with E-state index in [4.69, 9.17) is 0 Å². The summed E-state index contributed by atoms with van der Waals surface area (Å²) in [5, 5.41) is 12.1. The fourth-order valence-electron chi connectivity index (χ4n) is 22.3. The lowest BCUT2D eigenvalue weighted by Crippen LogP contribution is -2.61. The molecule has 130 heavy (non-hydrogen) atoms. The molecule has 0 spiro atoms. The van der Waals surface area contributed by atoms with Crippen LogP contribution >= 0.6 is 0 Å². The Morgan fingerprint density at radius 2 is 0.469 bits per heavy atom. The van der Waals surface area contributed by atoms with E-state index < -0.39 is 0 Å². The number of para-hydroxylation sites is 12. The van der Waals surface area contributed by atoms with Crippen LogP contribution in [0.25, 0.3) is 182 Å². The Balaban J connectivity index is 0.817. The van der Waals surface area contributed by atoms with Gasteiger partial charge < -0.3 is 32.6 Å². The molecule has 0 saturated heterocycles. The van der Waals surface area contributed by atoms with Gasteiger partial charge in [0, 0.05) is 98.9 Å². The fourth-order valence-corrected chi connectivity index (χ4v) is 22.3. The first kappa shape index (κ1) is 75.2. The van der Waals surface area contributed by atoms with Gasteiger partial charge in [0.25, 0.3) is 6.71 Å². The number of fused-ring (bicyclic) bond motifs is 19. The molecule has 0 atom stereocenters. The molecular formula is C122H88BN7. The van der Waals surface area contributed by atoms with E-state index in [1.54, 1.807) is 0 Å². The molecule has 614 valence electrons. The van der Waals surface area contributed by atoms with E-state index in [0.29, 0.717) is 0 Å².